The number of hydrogen-bond acceptors (Lipinski definition) is 4. The van der Waals surface area contributed by atoms with E-state index < -0.39 is 6.10 Å². The molecule has 6 heteroatoms. The van der Waals surface area contributed by atoms with Crippen LogP contribution in [0.2, 0.25) is 0 Å². The molecule has 3 rings (SSSR count). The van der Waals surface area contributed by atoms with E-state index in [1.54, 1.807) is 22.9 Å². The zero-order valence-electron chi connectivity index (χ0n) is 16.0. The summed E-state index contributed by atoms with van der Waals surface area (Å²) in [6, 6.07) is 12.9. The number of aromatic nitrogens is 1. The first-order valence-electron chi connectivity index (χ1n) is 9.20. The van der Waals surface area contributed by atoms with Crippen LogP contribution in [0.3, 0.4) is 0 Å². The molecular weight excluding hydrogens is 342 g/mol. The largest absolute Gasteiger partial charge is 0.464 e. The van der Waals surface area contributed by atoms with E-state index in [9.17, 15) is 9.59 Å². The van der Waals surface area contributed by atoms with Gasteiger partial charge in [0.05, 0.1) is 0 Å². The van der Waals surface area contributed by atoms with Gasteiger partial charge in [-0.1, -0.05) is 24.3 Å². The first-order valence-corrected chi connectivity index (χ1v) is 9.20. The van der Waals surface area contributed by atoms with Crippen molar-refractivity contribution in [3.63, 3.8) is 0 Å². The molecule has 2 aromatic rings. The summed E-state index contributed by atoms with van der Waals surface area (Å²) in [6.07, 6.45) is 1.02. The number of rotatable bonds is 4. The van der Waals surface area contributed by atoms with Crippen LogP contribution in [0, 0.1) is 6.92 Å². The second-order valence-electron chi connectivity index (χ2n) is 6.88. The molecule has 2 atom stereocenters. The predicted octanol–water partition coefficient (Wildman–Crippen LogP) is 2.53. The summed E-state index contributed by atoms with van der Waals surface area (Å²) in [6.45, 7) is 7.11. The van der Waals surface area contributed by atoms with Crippen molar-refractivity contribution in [2.75, 3.05) is 19.6 Å². The Hall–Kier alpha value is -2.89. The van der Waals surface area contributed by atoms with Crippen molar-refractivity contribution in [3.05, 3.63) is 59.8 Å². The Kier molecular flexibility index (Phi) is 5.74. The van der Waals surface area contributed by atoms with Gasteiger partial charge in [0.25, 0.3) is 11.8 Å². The Labute approximate surface area is 159 Å². The number of nitrogens with zero attached hydrogens (tertiary/aromatic N) is 3. The van der Waals surface area contributed by atoms with Crippen LogP contribution in [0.5, 0.6) is 5.88 Å². The average molecular weight is 367 g/mol. The number of piperazine rings is 1. The van der Waals surface area contributed by atoms with Crippen LogP contribution < -0.4 is 4.74 Å². The quantitative estimate of drug-likeness (QED) is 0.833. The molecule has 1 aromatic heterocycles. The number of carbonyl (C=O) groups is 2. The van der Waals surface area contributed by atoms with Crippen molar-refractivity contribution in [1.29, 1.82) is 0 Å². The van der Waals surface area contributed by atoms with Gasteiger partial charge in [0.2, 0.25) is 5.88 Å². The topological polar surface area (TPSA) is 62.7 Å². The second-order valence-corrected chi connectivity index (χ2v) is 6.88. The lowest BCUT2D eigenvalue weighted by atomic mass is 10.1. The van der Waals surface area contributed by atoms with Crippen LogP contribution in [0.1, 0.15) is 29.8 Å². The Morgan fingerprint density at radius 3 is 2.56 bits per heavy atom. The number of aryl methyl sites for hydroxylation is 1. The average Bonchev–Trinajstić information content (AvgIpc) is 2.69. The van der Waals surface area contributed by atoms with Crippen molar-refractivity contribution in [2.24, 2.45) is 0 Å². The normalized spacial score (nSPS) is 18.1. The molecule has 0 radical (unpaired) electrons. The summed E-state index contributed by atoms with van der Waals surface area (Å²) in [5.41, 5.74) is 1.57. The molecule has 0 aliphatic carbocycles. The van der Waals surface area contributed by atoms with Crippen LogP contribution in [0.15, 0.2) is 48.7 Å². The van der Waals surface area contributed by atoms with Crippen molar-refractivity contribution < 1.29 is 14.3 Å². The first kappa shape index (κ1) is 18.9. The van der Waals surface area contributed by atoms with Crippen LogP contribution >= 0.6 is 0 Å². The van der Waals surface area contributed by atoms with Gasteiger partial charge in [-0.25, -0.2) is 4.98 Å². The molecule has 2 amide bonds. The summed E-state index contributed by atoms with van der Waals surface area (Å²) >= 11 is 0. The first-order chi connectivity index (χ1) is 13.0. The van der Waals surface area contributed by atoms with Gasteiger partial charge >= 0.3 is 0 Å². The third kappa shape index (κ3) is 4.27. The van der Waals surface area contributed by atoms with E-state index in [4.69, 9.17) is 4.74 Å². The number of carbonyl (C=O) groups excluding carboxylic acids is 2. The fourth-order valence-corrected chi connectivity index (χ4v) is 3.28. The van der Waals surface area contributed by atoms with Gasteiger partial charge < -0.3 is 14.5 Å². The molecule has 142 valence electrons. The van der Waals surface area contributed by atoms with E-state index >= 15 is 0 Å². The minimum Gasteiger partial charge on any atom is -0.464 e. The second kappa shape index (κ2) is 8.20. The summed E-state index contributed by atoms with van der Waals surface area (Å²) in [4.78, 5) is 33.2. The molecule has 0 spiro atoms. The molecule has 6 nitrogen and oxygen atoms in total. The molecule has 0 saturated carbocycles. The van der Waals surface area contributed by atoms with Gasteiger partial charge in [0.15, 0.2) is 6.10 Å². The Morgan fingerprint density at radius 2 is 1.89 bits per heavy atom. The van der Waals surface area contributed by atoms with Gasteiger partial charge in [0.1, 0.15) is 0 Å². The maximum Gasteiger partial charge on any atom is 0.263 e. The molecule has 2 heterocycles. The summed E-state index contributed by atoms with van der Waals surface area (Å²) in [5, 5.41) is 0. The lowest BCUT2D eigenvalue weighted by molar-refractivity contribution is -0.142. The SMILES string of the molecule is Cc1cccnc1OC(C)C(=O)N1CCN(C(=O)c2ccccc2)C[C@H]1C. The number of hydrogen-bond donors (Lipinski definition) is 0. The van der Waals surface area contributed by atoms with Crippen molar-refractivity contribution >= 4 is 11.8 Å². The van der Waals surface area contributed by atoms with Crippen molar-refractivity contribution in [2.45, 2.75) is 32.9 Å². The van der Waals surface area contributed by atoms with E-state index in [0.717, 1.165) is 5.56 Å². The smallest absolute Gasteiger partial charge is 0.263 e. The molecule has 1 aliphatic heterocycles. The predicted molar refractivity (Wildman–Crippen MR) is 103 cm³/mol. The molecule has 1 unspecified atom stereocenters. The van der Waals surface area contributed by atoms with E-state index in [0.29, 0.717) is 31.1 Å². The molecule has 1 saturated heterocycles. The summed E-state index contributed by atoms with van der Waals surface area (Å²) < 4.78 is 5.77. The highest BCUT2D eigenvalue weighted by Crippen LogP contribution is 2.18. The van der Waals surface area contributed by atoms with Gasteiger partial charge in [0, 0.05) is 43.0 Å². The molecule has 0 bridgehead atoms. The highest BCUT2D eigenvalue weighted by Gasteiger charge is 2.33. The lowest BCUT2D eigenvalue weighted by Crippen LogP contribution is -2.57. The molecular formula is C21H25N3O3. The fourth-order valence-electron chi connectivity index (χ4n) is 3.28. The van der Waals surface area contributed by atoms with Crippen LogP contribution in [0.25, 0.3) is 0 Å². The highest BCUT2D eigenvalue weighted by atomic mass is 16.5. The minimum atomic E-state index is -0.627. The third-order valence-corrected chi connectivity index (χ3v) is 4.82. The Bertz CT molecular complexity index is 809. The zero-order valence-corrected chi connectivity index (χ0v) is 16.0. The minimum absolute atomic E-state index is 0.00274. The molecule has 1 aliphatic rings. The summed E-state index contributed by atoms with van der Waals surface area (Å²) in [5.74, 6) is 0.395. The van der Waals surface area contributed by atoms with Crippen molar-refractivity contribution in [3.8, 4) is 5.88 Å². The standard InChI is InChI=1S/C21H25N3O3/c1-15-8-7-11-22-19(15)27-17(3)20(25)24-13-12-23(14-16(24)2)21(26)18-9-5-4-6-10-18/h4-11,16-17H,12-14H2,1-3H3/t16-,17?/m1/s1. The van der Waals surface area contributed by atoms with Gasteiger partial charge in [-0.15, -0.1) is 0 Å². The fraction of sp³-hybridized carbons (Fsp3) is 0.381. The monoisotopic (exact) mass is 367 g/mol. The number of amides is 2. The van der Waals surface area contributed by atoms with Gasteiger partial charge in [-0.05, 0) is 39.0 Å². The van der Waals surface area contributed by atoms with Gasteiger partial charge in [-0.2, -0.15) is 0 Å². The van der Waals surface area contributed by atoms with E-state index in [1.165, 1.54) is 0 Å². The number of benzene rings is 1. The highest BCUT2D eigenvalue weighted by molar-refractivity contribution is 5.94. The Balaban J connectivity index is 1.61. The third-order valence-electron chi connectivity index (χ3n) is 4.82. The van der Waals surface area contributed by atoms with E-state index in [-0.39, 0.29) is 17.9 Å². The van der Waals surface area contributed by atoms with Crippen LogP contribution in [-0.2, 0) is 4.79 Å². The van der Waals surface area contributed by atoms with Crippen LogP contribution in [0.4, 0.5) is 0 Å². The lowest BCUT2D eigenvalue weighted by Gasteiger charge is -2.40. The maximum absolute atomic E-state index is 12.8. The van der Waals surface area contributed by atoms with Crippen LogP contribution in [-0.4, -0.2) is 58.4 Å². The number of pyridine rings is 1. The Morgan fingerprint density at radius 1 is 1.15 bits per heavy atom. The maximum atomic E-state index is 12.8. The van der Waals surface area contributed by atoms with Crippen molar-refractivity contribution in [1.82, 2.24) is 14.8 Å². The summed E-state index contributed by atoms with van der Waals surface area (Å²) in [7, 11) is 0. The molecule has 1 fully saturated rings. The number of ether oxygens (including phenoxy) is 1. The molecule has 27 heavy (non-hydrogen) atoms. The zero-order chi connectivity index (χ0) is 19.4. The van der Waals surface area contributed by atoms with Gasteiger partial charge in [-0.3, -0.25) is 9.59 Å². The van der Waals surface area contributed by atoms with E-state index in [1.807, 2.05) is 56.3 Å². The molecule has 1 aromatic carbocycles. The molecule has 0 N–H and O–H groups in total. The van der Waals surface area contributed by atoms with E-state index in [2.05, 4.69) is 4.98 Å².